The van der Waals surface area contributed by atoms with Gasteiger partial charge in [-0.05, 0) is 37.2 Å². The summed E-state index contributed by atoms with van der Waals surface area (Å²) in [5.74, 6) is 0.912. The van der Waals surface area contributed by atoms with Crippen LogP contribution >= 0.6 is 0 Å². The lowest BCUT2D eigenvalue weighted by molar-refractivity contribution is -0.183. The fourth-order valence-electron chi connectivity index (χ4n) is 2.80. The summed E-state index contributed by atoms with van der Waals surface area (Å²) in [6.07, 6.45) is 6.63. The Bertz CT molecular complexity index is 400. The third-order valence-corrected chi connectivity index (χ3v) is 4.09. The minimum Gasteiger partial charge on any atom is -0.170 e. The topological polar surface area (TPSA) is 0 Å². The molecule has 0 bridgehead atoms. The van der Waals surface area contributed by atoms with E-state index in [0.29, 0.717) is 5.92 Å². The van der Waals surface area contributed by atoms with Crippen molar-refractivity contribution < 1.29 is 13.2 Å². The monoisotopic (exact) mass is 256 g/mol. The Labute approximate surface area is 106 Å². The summed E-state index contributed by atoms with van der Waals surface area (Å²) in [7, 11) is 0. The molecule has 0 nitrogen and oxygen atoms in total. The van der Waals surface area contributed by atoms with Gasteiger partial charge in [0.05, 0.1) is 0 Å². The number of hydrogen-bond donors (Lipinski definition) is 0. The highest BCUT2D eigenvalue weighted by Crippen LogP contribution is 2.45. The van der Waals surface area contributed by atoms with E-state index in [9.17, 15) is 13.2 Å². The summed E-state index contributed by atoms with van der Waals surface area (Å²) in [4.78, 5) is 0. The molecule has 2 rings (SSSR count). The fraction of sp³-hybridized carbons (Fsp3) is 0.600. The molecule has 2 aliphatic carbocycles. The smallest absolute Gasteiger partial charge is 0.170 e. The quantitative estimate of drug-likeness (QED) is 0.616. The maximum atomic E-state index is 13.1. The van der Waals surface area contributed by atoms with E-state index < -0.39 is 11.6 Å². The minimum absolute atomic E-state index is 0.290. The summed E-state index contributed by atoms with van der Waals surface area (Å²) >= 11 is 0. The van der Waals surface area contributed by atoms with Crippen molar-refractivity contribution >= 4 is 0 Å². The van der Waals surface area contributed by atoms with Crippen molar-refractivity contribution in [3.05, 3.63) is 36.0 Å². The summed E-state index contributed by atoms with van der Waals surface area (Å²) in [5.41, 5.74) is -0.985. The number of halogens is 3. The van der Waals surface area contributed by atoms with E-state index in [2.05, 4.69) is 6.92 Å². The first-order valence-corrected chi connectivity index (χ1v) is 6.47. The fourth-order valence-corrected chi connectivity index (χ4v) is 2.80. The molecule has 0 radical (unpaired) electrons. The molecule has 0 saturated heterocycles. The van der Waals surface area contributed by atoms with E-state index in [1.54, 1.807) is 6.08 Å². The summed E-state index contributed by atoms with van der Waals surface area (Å²) in [5, 5.41) is 0. The van der Waals surface area contributed by atoms with Gasteiger partial charge >= 0.3 is 6.18 Å². The number of alkyl halides is 3. The number of allylic oxidation sites excluding steroid dienone is 6. The largest absolute Gasteiger partial charge is 0.400 e. The van der Waals surface area contributed by atoms with E-state index in [1.165, 1.54) is 25.2 Å². The SMILES string of the molecule is CC1CCC(C2=CC(C)(C(F)(F)F)C=CC=C2)C1. The van der Waals surface area contributed by atoms with Crippen LogP contribution in [0.1, 0.15) is 33.1 Å². The van der Waals surface area contributed by atoms with Crippen LogP contribution in [0, 0.1) is 17.3 Å². The van der Waals surface area contributed by atoms with Crippen LogP contribution in [0.4, 0.5) is 13.2 Å². The molecule has 18 heavy (non-hydrogen) atoms. The molecule has 0 aromatic carbocycles. The molecule has 1 fully saturated rings. The standard InChI is InChI=1S/C15H19F3/c1-11-6-7-12(9-11)13-5-3-4-8-14(2,10-13)15(16,17)18/h3-5,8,10-12H,6-7,9H2,1-2H3. The Morgan fingerprint density at radius 3 is 2.50 bits per heavy atom. The lowest BCUT2D eigenvalue weighted by Gasteiger charge is -2.27. The molecule has 100 valence electrons. The first-order chi connectivity index (χ1) is 8.32. The van der Waals surface area contributed by atoms with E-state index in [0.717, 1.165) is 24.8 Å². The first kappa shape index (κ1) is 13.4. The zero-order valence-corrected chi connectivity index (χ0v) is 10.8. The molecule has 2 aliphatic rings. The lowest BCUT2D eigenvalue weighted by Crippen LogP contribution is -2.31. The van der Waals surface area contributed by atoms with Crippen molar-refractivity contribution in [2.45, 2.75) is 39.3 Å². The molecule has 3 atom stereocenters. The van der Waals surface area contributed by atoms with Crippen molar-refractivity contribution in [3.8, 4) is 0 Å². The average Bonchev–Trinajstić information content (AvgIpc) is 2.57. The van der Waals surface area contributed by atoms with Crippen molar-refractivity contribution in [2.24, 2.45) is 17.3 Å². The van der Waals surface area contributed by atoms with Gasteiger partial charge < -0.3 is 0 Å². The Morgan fingerprint density at radius 1 is 1.22 bits per heavy atom. The predicted octanol–water partition coefficient (Wildman–Crippen LogP) is 5.04. The van der Waals surface area contributed by atoms with Crippen molar-refractivity contribution in [2.75, 3.05) is 0 Å². The van der Waals surface area contributed by atoms with Crippen molar-refractivity contribution in [1.29, 1.82) is 0 Å². The maximum Gasteiger partial charge on any atom is 0.400 e. The van der Waals surface area contributed by atoms with Crippen LogP contribution in [0.2, 0.25) is 0 Å². The molecule has 0 spiro atoms. The van der Waals surface area contributed by atoms with Gasteiger partial charge in [0.1, 0.15) is 5.41 Å². The maximum absolute atomic E-state index is 13.1. The van der Waals surface area contributed by atoms with Crippen LogP contribution in [0.25, 0.3) is 0 Å². The van der Waals surface area contributed by atoms with Crippen LogP contribution in [0.15, 0.2) is 36.0 Å². The third-order valence-electron chi connectivity index (χ3n) is 4.09. The van der Waals surface area contributed by atoms with Gasteiger partial charge in [0.2, 0.25) is 0 Å². The molecule has 0 aromatic heterocycles. The molecule has 3 unspecified atom stereocenters. The van der Waals surface area contributed by atoms with Crippen molar-refractivity contribution in [1.82, 2.24) is 0 Å². The Kier molecular flexibility index (Phi) is 3.43. The molecule has 1 saturated carbocycles. The summed E-state index contributed by atoms with van der Waals surface area (Å²) in [6.45, 7) is 3.41. The predicted molar refractivity (Wildman–Crippen MR) is 67.0 cm³/mol. The molecular formula is C15H19F3. The molecule has 0 heterocycles. The minimum atomic E-state index is -4.23. The van der Waals surface area contributed by atoms with E-state index in [4.69, 9.17) is 0 Å². The normalized spacial score (nSPS) is 36.6. The summed E-state index contributed by atoms with van der Waals surface area (Å²) < 4.78 is 39.4. The van der Waals surface area contributed by atoms with Gasteiger partial charge in [-0.25, -0.2) is 0 Å². The van der Waals surface area contributed by atoms with Crippen LogP contribution in [0.3, 0.4) is 0 Å². The van der Waals surface area contributed by atoms with Gasteiger partial charge in [0.15, 0.2) is 0 Å². The van der Waals surface area contributed by atoms with Crippen LogP contribution < -0.4 is 0 Å². The first-order valence-electron chi connectivity index (χ1n) is 6.47. The Balaban J connectivity index is 2.30. The molecular weight excluding hydrogens is 237 g/mol. The lowest BCUT2D eigenvalue weighted by atomic mass is 9.84. The van der Waals surface area contributed by atoms with Gasteiger partial charge in [0.25, 0.3) is 0 Å². The highest BCUT2D eigenvalue weighted by molar-refractivity contribution is 5.34. The van der Waals surface area contributed by atoms with Gasteiger partial charge in [-0.15, -0.1) is 0 Å². The molecule has 3 heteroatoms. The second-order valence-electron chi connectivity index (χ2n) is 5.76. The van der Waals surface area contributed by atoms with E-state index in [-0.39, 0.29) is 5.92 Å². The third kappa shape index (κ3) is 2.55. The molecule has 0 aliphatic heterocycles. The second-order valence-corrected chi connectivity index (χ2v) is 5.76. The molecule has 0 N–H and O–H groups in total. The van der Waals surface area contributed by atoms with Crippen molar-refractivity contribution in [3.63, 3.8) is 0 Å². The summed E-state index contributed by atoms with van der Waals surface area (Å²) in [6, 6.07) is 0. The van der Waals surface area contributed by atoms with Gasteiger partial charge in [-0.1, -0.05) is 43.7 Å². The van der Waals surface area contributed by atoms with Gasteiger partial charge in [0, 0.05) is 0 Å². The number of rotatable bonds is 1. The van der Waals surface area contributed by atoms with E-state index in [1.807, 2.05) is 6.08 Å². The highest BCUT2D eigenvalue weighted by Gasteiger charge is 2.48. The Hall–Kier alpha value is -0.990. The zero-order chi connectivity index (χ0) is 13.4. The molecule has 0 amide bonds. The van der Waals surface area contributed by atoms with E-state index >= 15 is 0 Å². The van der Waals surface area contributed by atoms with Crippen LogP contribution in [0.5, 0.6) is 0 Å². The van der Waals surface area contributed by atoms with Gasteiger partial charge in [-0.3, -0.25) is 0 Å². The highest BCUT2D eigenvalue weighted by atomic mass is 19.4. The van der Waals surface area contributed by atoms with Gasteiger partial charge in [-0.2, -0.15) is 13.2 Å². The van der Waals surface area contributed by atoms with Crippen LogP contribution in [-0.4, -0.2) is 6.18 Å². The number of hydrogen-bond acceptors (Lipinski definition) is 0. The average molecular weight is 256 g/mol. The molecule has 0 aromatic rings. The van der Waals surface area contributed by atoms with Crippen LogP contribution in [-0.2, 0) is 0 Å². The second kappa shape index (κ2) is 4.60. The zero-order valence-electron chi connectivity index (χ0n) is 10.8. The Morgan fingerprint density at radius 2 is 1.94 bits per heavy atom.